The minimum Gasteiger partial charge on any atom is -0.507 e. The van der Waals surface area contributed by atoms with Crippen molar-refractivity contribution in [3.05, 3.63) is 114 Å². The van der Waals surface area contributed by atoms with Crippen LogP contribution in [0.5, 0.6) is 5.75 Å². The molecule has 0 unspecified atom stereocenters. The topological polar surface area (TPSA) is 92.0 Å². The summed E-state index contributed by atoms with van der Waals surface area (Å²) in [6.07, 6.45) is 2.34. The molecule has 0 aliphatic heterocycles. The normalized spacial score (nSPS) is 11.3. The Kier molecular flexibility index (Phi) is 4.70. The van der Waals surface area contributed by atoms with E-state index in [1.807, 2.05) is 60.7 Å². The number of H-pyrrole nitrogens is 1. The summed E-state index contributed by atoms with van der Waals surface area (Å²) in [5.41, 5.74) is 5.39. The molecule has 0 spiro atoms. The first-order valence-corrected chi connectivity index (χ1v) is 10.9. The van der Waals surface area contributed by atoms with E-state index >= 15 is 0 Å². The van der Waals surface area contributed by atoms with Gasteiger partial charge in [0, 0.05) is 17.1 Å². The molecule has 0 aliphatic carbocycles. The van der Waals surface area contributed by atoms with Crippen molar-refractivity contribution in [1.29, 1.82) is 0 Å². The van der Waals surface area contributed by atoms with E-state index in [0.717, 1.165) is 22.0 Å². The van der Waals surface area contributed by atoms with E-state index in [2.05, 4.69) is 15.0 Å². The largest absolute Gasteiger partial charge is 0.507 e. The van der Waals surface area contributed by atoms with E-state index in [-0.39, 0.29) is 11.5 Å². The van der Waals surface area contributed by atoms with Gasteiger partial charge in [-0.05, 0) is 60.0 Å². The lowest BCUT2D eigenvalue weighted by Crippen LogP contribution is -1.98. The number of carbonyl (C=O) groups excluding carboxylic acids is 1. The third kappa shape index (κ3) is 3.61. The van der Waals surface area contributed by atoms with Crippen LogP contribution >= 0.6 is 0 Å². The SMILES string of the molecule is O=C(c1ccccc1)c1cc2cc(Cc3ccc(O)c(-c4nc5ncccc5[nH]4)c3)ccc2o1. The standard InChI is InChI=1S/C28H19N3O3/c32-23-10-8-18(15-21(23)27-30-22-7-4-12-29-28(22)31-27)13-17-9-11-24-20(14-17)16-25(34-24)26(33)19-5-2-1-3-6-19/h1-12,14-16,32H,13H2,(H,29,30,31). The highest BCUT2D eigenvalue weighted by Crippen LogP contribution is 2.31. The highest BCUT2D eigenvalue weighted by Gasteiger charge is 2.15. The maximum atomic E-state index is 12.7. The second kappa shape index (κ2) is 8.01. The molecular formula is C28H19N3O3. The number of benzene rings is 3. The molecule has 6 aromatic rings. The van der Waals surface area contributed by atoms with Gasteiger partial charge in [-0.2, -0.15) is 0 Å². The number of carbonyl (C=O) groups is 1. The number of rotatable bonds is 5. The molecule has 3 aromatic heterocycles. The molecule has 34 heavy (non-hydrogen) atoms. The van der Waals surface area contributed by atoms with Crippen LogP contribution < -0.4 is 0 Å². The first-order chi connectivity index (χ1) is 16.6. The second-order valence-electron chi connectivity index (χ2n) is 8.17. The van der Waals surface area contributed by atoms with Gasteiger partial charge in [0.15, 0.2) is 11.4 Å². The quantitative estimate of drug-likeness (QED) is 0.322. The molecule has 0 saturated heterocycles. The number of fused-ring (bicyclic) bond motifs is 2. The predicted molar refractivity (Wildman–Crippen MR) is 130 cm³/mol. The Balaban J connectivity index is 1.30. The number of aromatic hydroxyl groups is 1. The van der Waals surface area contributed by atoms with Crippen LogP contribution in [-0.4, -0.2) is 25.8 Å². The van der Waals surface area contributed by atoms with Crippen molar-refractivity contribution in [3.8, 4) is 17.1 Å². The summed E-state index contributed by atoms with van der Waals surface area (Å²) < 4.78 is 5.81. The van der Waals surface area contributed by atoms with E-state index in [1.165, 1.54) is 0 Å². The van der Waals surface area contributed by atoms with Crippen LogP contribution in [0.2, 0.25) is 0 Å². The van der Waals surface area contributed by atoms with Gasteiger partial charge in [-0.3, -0.25) is 4.79 Å². The van der Waals surface area contributed by atoms with Crippen LogP contribution in [0.25, 0.3) is 33.5 Å². The van der Waals surface area contributed by atoms with Crippen molar-refractivity contribution >= 4 is 27.9 Å². The molecule has 164 valence electrons. The van der Waals surface area contributed by atoms with Crippen LogP contribution in [-0.2, 0) is 6.42 Å². The van der Waals surface area contributed by atoms with Gasteiger partial charge in [-0.25, -0.2) is 9.97 Å². The van der Waals surface area contributed by atoms with Crippen LogP contribution in [0.3, 0.4) is 0 Å². The van der Waals surface area contributed by atoms with Crippen molar-refractivity contribution < 1.29 is 14.3 Å². The Morgan fingerprint density at radius 3 is 2.59 bits per heavy atom. The van der Waals surface area contributed by atoms with E-state index in [4.69, 9.17) is 4.42 Å². The van der Waals surface area contributed by atoms with Crippen LogP contribution in [0.1, 0.15) is 27.2 Å². The molecule has 0 radical (unpaired) electrons. The molecule has 0 atom stereocenters. The maximum Gasteiger partial charge on any atom is 0.228 e. The summed E-state index contributed by atoms with van der Waals surface area (Å²) in [5.74, 6) is 0.908. The van der Waals surface area contributed by atoms with Gasteiger partial charge >= 0.3 is 0 Å². The number of hydrogen-bond acceptors (Lipinski definition) is 5. The van der Waals surface area contributed by atoms with Gasteiger partial charge < -0.3 is 14.5 Å². The summed E-state index contributed by atoms with van der Waals surface area (Å²) in [6, 6.07) is 26.0. The van der Waals surface area contributed by atoms with E-state index in [0.29, 0.717) is 40.4 Å². The molecule has 0 saturated carbocycles. The number of furan rings is 1. The van der Waals surface area contributed by atoms with Gasteiger partial charge in [0.05, 0.1) is 11.1 Å². The molecule has 0 fully saturated rings. The van der Waals surface area contributed by atoms with Crippen molar-refractivity contribution in [2.24, 2.45) is 0 Å². The van der Waals surface area contributed by atoms with E-state index in [9.17, 15) is 9.90 Å². The maximum absolute atomic E-state index is 12.7. The summed E-state index contributed by atoms with van der Waals surface area (Å²) in [4.78, 5) is 24.7. The number of hydrogen-bond donors (Lipinski definition) is 2. The molecule has 0 bridgehead atoms. The Labute approximate surface area is 194 Å². The fourth-order valence-electron chi connectivity index (χ4n) is 4.14. The summed E-state index contributed by atoms with van der Waals surface area (Å²) in [7, 11) is 0. The lowest BCUT2D eigenvalue weighted by Gasteiger charge is -2.06. The lowest BCUT2D eigenvalue weighted by atomic mass is 10.0. The predicted octanol–water partition coefficient (Wildman–Crippen LogP) is 5.90. The highest BCUT2D eigenvalue weighted by molar-refractivity contribution is 6.09. The molecule has 3 aromatic carbocycles. The average Bonchev–Trinajstić information content (AvgIpc) is 3.49. The third-order valence-corrected chi connectivity index (χ3v) is 5.82. The molecule has 6 rings (SSSR count). The first kappa shape index (κ1) is 19.9. The number of phenolic OH excluding ortho intramolecular Hbond substituents is 1. The molecule has 6 heteroatoms. The van der Waals surface area contributed by atoms with Crippen molar-refractivity contribution in [1.82, 2.24) is 15.0 Å². The van der Waals surface area contributed by atoms with Crippen molar-refractivity contribution in [2.75, 3.05) is 0 Å². The smallest absolute Gasteiger partial charge is 0.228 e. The summed E-state index contributed by atoms with van der Waals surface area (Å²) in [5, 5.41) is 11.3. The number of pyridine rings is 1. The summed E-state index contributed by atoms with van der Waals surface area (Å²) >= 11 is 0. The average molecular weight is 445 g/mol. The van der Waals surface area contributed by atoms with Gasteiger partial charge in [-0.1, -0.05) is 42.5 Å². The third-order valence-electron chi connectivity index (χ3n) is 5.82. The van der Waals surface area contributed by atoms with Crippen LogP contribution in [0.4, 0.5) is 0 Å². The Morgan fingerprint density at radius 1 is 0.912 bits per heavy atom. The molecule has 3 heterocycles. The monoisotopic (exact) mass is 445 g/mol. The Hall–Kier alpha value is -4.71. The number of nitrogens with one attached hydrogen (secondary N) is 1. The number of nitrogens with zero attached hydrogens (tertiary/aromatic N) is 2. The second-order valence-corrected chi connectivity index (χ2v) is 8.17. The van der Waals surface area contributed by atoms with Crippen molar-refractivity contribution in [2.45, 2.75) is 6.42 Å². The molecular weight excluding hydrogens is 426 g/mol. The van der Waals surface area contributed by atoms with Crippen LogP contribution in [0, 0.1) is 0 Å². The molecule has 2 N–H and O–H groups in total. The number of ketones is 1. The Morgan fingerprint density at radius 2 is 1.74 bits per heavy atom. The van der Waals surface area contributed by atoms with Gasteiger partial charge in [-0.15, -0.1) is 0 Å². The summed E-state index contributed by atoms with van der Waals surface area (Å²) in [6.45, 7) is 0. The number of imidazole rings is 1. The number of aromatic amines is 1. The lowest BCUT2D eigenvalue weighted by molar-refractivity contribution is 0.101. The molecule has 0 aliphatic rings. The minimum absolute atomic E-state index is 0.137. The molecule has 0 amide bonds. The minimum atomic E-state index is -0.137. The number of phenols is 1. The van der Waals surface area contributed by atoms with E-state index < -0.39 is 0 Å². The van der Waals surface area contributed by atoms with Gasteiger partial charge in [0.2, 0.25) is 5.78 Å². The first-order valence-electron chi connectivity index (χ1n) is 10.9. The highest BCUT2D eigenvalue weighted by atomic mass is 16.3. The van der Waals surface area contributed by atoms with E-state index in [1.54, 1.807) is 30.5 Å². The fraction of sp³-hybridized carbons (Fsp3) is 0.0357. The zero-order valence-corrected chi connectivity index (χ0v) is 18.0. The fourth-order valence-corrected chi connectivity index (χ4v) is 4.14. The molecule has 6 nitrogen and oxygen atoms in total. The Bertz CT molecular complexity index is 1630. The van der Waals surface area contributed by atoms with Gasteiger partial charge in [0.1, 0.15) is 17.2 Å². The zero-order valence-electron chi connectivity index (χ0n) is 18.0. The zero-order chi connectivity index (χ0) is 23.1. The van der Waals surface area contributed by atoms with Crippen LogP contribution in [0.15, 0.2) is 95.5 Å². The number of aromatic nitrogens is 3. The van der Waals surface area contributed by atoms with Crippen molar-refractivity contribution in [3.63, 3.8) is 0 Å². The van der Waals surface area contributed by atoms with Gasteiger partial charge in [0.25, 0.3) is 0 Å².